The number of carbonyl (C=O) groups is 1. The Bertz CT molecular complexity index is 465. The predicted octanol–water partition coefficient (Wildman–Crippen LogP) is 2.46. The SMILES string of the molecule is O=C(CCc1ccco1)NOCc1ccccc1. The minimum absolute atomic E-state index is 0.151. The van der Waals surface area contributed by atoms with Gasteiger partial charge in [0.15, 0.2) is 0 Å². The summed E-state index contributed by atoms with van der Waals surface area (Å²) in [6.45, 7) is 0.368. The van der Waals surface area contributed by atoms with Crippen LogP contribution in [0.2, 0.25) is 0 Å². The molecule has 0 saturated heterocycles. The van der Waals surface area contributed by atoms with E-state index in [2.05, 4.69) is 5.48 Å². The maximum Gasteiger partial charge on any atom is 0.243 e. The van der Waals surface area contributed by atoms with Gasteiger partial charge in [0.25, 0.3) is 0 Å². The van der Waals surface area contributed by atoms with Crippen LogP contribution in [-0.2, 0) is 22.7 Å². The van der Waals surface area contributed by atoms with E-state index in [-0.39, 0.29) is 5.91 Å². The summed E-state index contributed by atoms with van der Waals surface area (Å²) < 4.78 is 5.14. The largest absolute Gasteiger partial charge is 0.469 e. The van der Waals surface area contributed by atoms with Crippen LogP contribution in [0.15, 0.2) is 53.1 Å². The molecule has 0 unspecified atom stereocenters. The van der Waals surface area contributed by atoms with Crippen molar-refractivity contribution in [2.45, 2.75) is 19.4 Å². The quantitative estimate of drug-likeness (QED) is 0.795. The third-order valence-electron chi connectivity index (χ3n) is 2.45. The molecule has 1 aromatic heterocycles. The number of hydroxylamine groups is 1. The van der Waals surface area contributed by atoms with Crippen molar-refractivity contribution in [3.8, 4) is 0 Å². The molecule has 0 fully saturated rings. The molecule has 0 aliphatic rings. The van der Waals surface area contributed by atoms with E-state index in [9.17, 15) is 4.79 Å². The molecule has 2 aromatic rings. The zero-order chi connectivity index (χ0) is 12.6. The van der Waals surface area contributed by atoms with E-state index < -0.39 is 0 Å². The molecule has 0 saturated carbocycles. The van der Waals surface area contributed by atoms with E-state index in [1.165, 1.54) is 0 Å². The van der Waals surface area contributed by atoms with Crippen LogP contribution in [-0.4, -0.2) is 5.91 Å². The van der Waals surface area contributed by atoms with Gasteiger partial charge in [0.1, 0.15) is 5.76 Å². The van der Waals surface area contributed by atoms with E-state index in [0.29, 0.717) is 19.4 Å². The second-order valence-electron chi connectivity index (χ2n) is 3.88. The number of amides is 1. The van der Waals surface area contributed by atoms with Crippen LogP contribution in [0.25, 0.3) is 0 Å². The molecule has 4 heteroatoms. The van der Waals surface area contributed by atoms with Crippen molar-refractivity contribution in [2.24, 2.45) is 0 Å². The zero-order valence-electron chi connectivity index (χ0n) is 9.96. The number of furan rings is 1. The fourth-order valence-corrected chi connectivity index (χ4v) is 1.52. The highest BCUT2D eigenvalue weighted by atomic mass is 16.6. The van der Waals surface area contributed by atoms with Gasteiger partial charge in [-0.1, -0.05) is 30.3 Å². The summed E-state index contributed by atoms with van der Waals surface area (Å²) in [5.41, 5.74) is 3.43. The molecule has 0 aliphatic heterocycles. The van der Waals surface area contributed by atoms with Gasteiger partial charge < -0.3 is 4.42 Å². The molecule has 0 spiro atoms. The number of benzene rings is 1. The average Bonchev–Trinajstić information content (AvgIpc) is 2.91. The molecule has 1 heterocycles. The van der Waals surface area contributed by atoms with Crippen LogP contribution in [0.5, 0.6) is 0 Å². The van der Waals surface area contributed by atoms with Gasteiger partial charge in [-0.05, 0) is 17.7 Å². The molecule has 94 valence electrons. The minimum atomic E-state index is -0.151. The van der Waals surface area contributed by atoms with E-state index in [1.807, 2.05) is 36.4 Å². The van der Waals surface area contributed by atoms with Gasteiger partial charge >= 0.3 is 0 Å². The van der Waals surface area contributed by atoms with Gasteiger partial charge in [-0.25, -0.2) is 5.48 Å². The Hall–Kier alpha value is -2.07. The van der Waals surface area contributed by atoms with Crippen LogP contribution in [0.4, 0.5) is 0 Å². The Labute approximate surface area is 106 Å². The molecule has 1 amide bonds. The van der Waals surface area contributed by atoms with E-state index in [0.717, 1.165) is 11.3 Å². The second-order valence-corrected chi connectivity index (χ2v) is 3.88. The third-order valence-corrected chi connectivity index (χ3v) is 2.45. The van der Waals surface area contributed by atoms with Crippen LogP contribution >= 0.6 is 0 Å². The highest BCUT2D eigenvalue weighted by Crippen LogP contribution is 2.03. The van der Waals surface area contributed by atoms with Crippen LogP contribution in [0, 0.1) is 0 Å². The van der Waals surface area contributed by atoms with Gasteiger partial charge in [0.2, 0.25) is 5.91 Å². The molecule has 0 aliphatic carbocycles. The number of rotatable bonds is 6. The number of aryl methyl sites for hydroxylation is 1. The summed E-state index contributed by atoms with van der Waals surface area (Å²) in [6, 6.07) is 13.3. The molecule has 1 N–H and O–H groups in total. The molecule has 2 rings (SSSR count). The normalized spacial score (nSPS) is 10.2. The molecule has 1 aromatic carbocycles. The topological polar surface area (TPSA) is 51.5 Å². The van der Waals surface area contributed by atoms with Crippen molar-refractivity contribution in [3.05, 3.63) is 60.1 Å². The first kappa shape index (κ1) is 12.4. The number of carbonyl (C=O) groups excluding carboxylic acids is 1. The van der Waals surface area contributed by atoms with E-state index >= 15 is 0 Å². The van der Waals surface area contributed by atoms with Crippen LogP contribution in [0.1, 0.15) is 17.7 Å². The van der Waals surface area contributed by atoms with Crippen LogP contribution < -0.4 is 5.48 Å². The molecule has 18 heavy (non-hydrogen) atoms. The first-order valence-corrected chi connectivity index (χ1v) is 5.81. The van der Waals surface area contributed by atoms with Crippen molar-refractivity contribution in [1.29, 1.82) is 0 Å². The Morgan fingerprint density at radius 1 is 1.17 bits per heavy atom. The zero-order valence-corrected chi connectivity index (χ0v) is 9.96. The molecular weight excluding hydrogens is 230 g/mol. The summed E-state index contributed by atoms with van der Waals surface area (Å²) in [6.07, 6.45) is 2.52. The number of hydrogen-bond acceptors (Lipinski definition) is 3. The predicted molar refractivity (Wildman–Crippen MR) is 66.4 cm³/mol. The first-order valence-electron chi connectivity index (χ1n) is 5.81. The van der Waals surface area contributed by atoms with E-state index in [4.69, 9.17) is 9.25 Å². The second kappa shape index (κ2) is 6.61. The lowest BCUT2D eigenvalue weighted by Gasteiger charge is -2.05. The summed E-state index contributed by atoms with van der Waals surface area (Å²) >= 11 is 0. The lowest BCUT2D eigenvalue weighted by atomic mass is 10.2. The van der Waals surface area contributed by atoms with Crippen molar-refractivity contribution in [2.75, 3.05) is 0 Å². The Kier molecular flexibility index (Phi) is 4.55. The van der Waals surface area contributed by atoms with E-state index in [1.54, 1.807) is 12.3 Å². The fourth-order valence-electron chi connectivity index (χ4n) is 1.52. The lowest BCUT2D eigenvalue weighted by molar-refractivity contribution is -0.134. The summed E-state index contributed by atoms with van der Waals surface area (Å²) in [7, 11) is 0. The number of nitrogens with one attached hydrogen (secondary N) is 1. The monoisotopic (exact) mass is 245 g/mol. The fraction of sp³-hybridized carbons (Fsp3) is 0.214. The highest BCUT2D eigenvalue weighted by molar-refractivity contribution is 5.74. The Morgan fingerprint density at radius 2 is 2.00 bits per heavy atom. The Morgan fingerprint density at radius 3 is 2.72 bits per heavy atom. The van der Waals surface area contributed by atoms with Crippen molar-refractivity contribution in [3.63, 3.8) is 0 Å². The summed E-state index contributed by atoms with van der Waals surface area (Å²) in [5, 5.41) is 0. The Balaban J connectivity index is 1.63. The number of hydrogen-bond donors (Lipinski definition) is 1. The van der Waals surface area contributed by atoms with Crippen molar-refractivity contribution >= 4 is 5.91 Å². The third kappa shape index (κ3) is 4.07. The van der Waals surface area contributed by atoms with Gasteiger partial charge in [-0.2, -0.15) is 0 Å². The van der Waals surface area contributed by atoms with Gasteiger partial charge in [0, 0.05) is 12.8 Å². The smallest absolute Gasteiger partial charge is 0.243 e. The summed E-state index contributed by atoms with van der Waals surface area (Å²) in [4.78, 5) is 16.6. The van der Waals surface area contributed by atoms with Crippen molar-refractivity contribution < 1.29 is 14.0 Å². The maximum absolute atomic E-state index is 11.5. The van der Waals surface area contributed by atoms with Crippen LogP contribution in [0.3, 0.4) is 0 Å². The molecule has 0 atom stereocenters. The van der Waals surface area contributed by atoms with Gasteiger partial charge in [-0.15, -0.1) is 0 Å². The average molecular weight is 245 g/mol. The summed E-state index contributed by atoms with van der Waals surface area (Å²) in [5.74, 6) is 0.649. The molecule has 0 radical (unpaired) electrons. The first-order chi connectivity index (χ1) is 8.84. The maximum atomic E-state index is 11.5. The highest BCUT2D eigenvalue weighted by Gasteiger charge is 2.03. The molecule has 0 bridgehead atoms. The minimum Gasteiger partial charge on any atom is -0.469 e. The van der Waals surface area contributed by atoms with Gasteiger partial charge in [-0.3, -0.25) is 9.63 Å². The van der Waals surface area contributed by atoms with Crippen molar-refractivity contribution in [1.82, 2.24) is 5.48 Å². The van der Waals surface area contributed by atoms with Gasteiger partial charge in [0.05, 0.1) is 12.9 Å². The lowest BCUT2D eigenvalue weighted by Crippen LogP contribution is -2.23. The standard InChI is InChI=1S/C14H15NO3/c16-14(9-8-13-7-4-10-17-13)15-18-11-12-5-2-1-3-6-12/h1-7,10H,8-9,11H2,(H,15,16). The molecular formula is C14H15NO3. The molecule has 4 nitrogen and oxygen atoms in total.